The number of hydrogen-bond donors (Lipinski definition) is 2. The second kappa shape index (κ2) is 7.28. The van der Waals surface area contributed by atoms with Crippen LogP contribution < -0.4 is 5.32 Å². The van der Waals surface area contributed by atoms with E-state index in [2.05, 4.69) is 24.1 Å². The normalized spacial score (nSPS) is 16.1. The molecule has 3 heteroatoms. The molecule has 1 aromatic rings. The Kier molecular flexibility index (Phi) is 5.41. The highest BCUT2D eigenvalue weighted by Gasteiger charge is 2.32. The van der Waals surface area contributed by atoms with Crippen molar-refractivity contribution in [3.8, 4) is 11.8 Å². The van der Waals surface area contributed by atoms with Crippen LogP contribution in [0.1, 0.15) is 54.9 Å². The van der Waals surface area contributed by atoms with Gasteiger partial charge in [0.1, 0.15) is 6.61 Å². The highest BCUT2D eigenvalue weighted by molar-refractivity contribution is 5.94. The molecule has 0 aromatic heterocycles. The molecule has 1 aromatic carbocycles. The fourth-order valence-corrected chi connectivity index (χ4v) is 3.00. The highest BCUT2D eigenvalue weighted by atomic mass is 16.2. The van der Waals surface area contributed by atoms with E-state index in [-0.39, 0.29) is 12.5 Å². The highest BCUT2D eigenvalue weighted by Crippen LogP contribution is 2.40. The van der Waals surface area contributed by atoms with Crippen LogP contribution in [0.3, 0.4) is 0 Å². The molecule has 2 rings (SSSR count). The average molecular weight is 285 g/mol. The second-order valence-electron chi connectivity index (χ2n) is 5.78. The lowest BCUT2D eigenvalue weighted by Gasteiger charge is -2.27. The maximum absolute atomic E-state index is 12.2. The van der Waals surface area contributed by atoms with Crippen LogP contribution >= 0.6 is 0 Å². The van der Waals surface area contributed by atoms with E-state index in [1.54, 1.807) is 12.1 Å². The van der Waals surface area contributed by atoms with Crippen molar-refractivity contribution in [2.45, 2.75) is 39.0 Å². The van der Waals surface area contributed by atoms with Gasteiger partial charge in [-0.3, -0.25) is 4.79 Å². The first-order valence-corrected chi connectivity index (χ1v) is 7.67. The van der Waals surface area contributed by atoms with E-state index < -0.39 is 0 Å². The fourth-order valence-electron chi connectivity index (χ4n) is 3.00. The smallest absolute Gasteiger partial charge is 0.251 e. The molecule has 1 aliphatic rings. The molecule has 2 N–H and O–H groups in total. The molecule has 21 heavy (non-hydrogen) atoms. The minimum Gasteiger partial charge on any atom is -0.384 e. The Bertz CT molecular complexity index is 531. The average Bonchev–Trinajstić information content (AvgIpc) is 3.00. The molecule has 0 unspecified atom stereocenters. The van der Waals surface area contributed by atoms with Crippen molar-refractivity contribution in [3.63, 3.8) is 0 Å². The van der Waals surface area contributed by atoms with Gasteiger partial charge in [0.05, 0.1) is 0 Å². The molecule has 112 valence electrons. The number of carbonyl (C=O) groups is 1. The predicted molar refractivity (Wildman–Crippen MR) is 83.9 cm³/mol. The van der Waals surface area contributed by atoms with Crippen LogP contribution in [0.2, 0.25) is 0 Å². The Morgan fingerprint density at radius 2 is 1.95 bits per heavy atom. The standard InChI is InChI=1S/C18H23NO2/c1-2-18(11-3-4-12-18)14-19-17(21)16-9-7-15(8-10-16)6-5-13-20/h7-10,20H,2-4,11-14H2,1H3,(H,19,21). The number of nitrogens with one attached hydrogen (secondary N) is 1. The zero-order chi connectivity index (χ0) is 15.1. The number of rotatable bonds is 4. The summed E-state index contributed by atoms with van der Waals surface area (Å²) in [5.41, 5.74) is 1.78. The zero-order valence-corrected chi connectivity index (χ0v) is 12.6. The summed E-state index contributed by atoms with van der Waals surface area (Å²) in [6.45, 7) is 2.84. The minimum absolute atomic E-state index is 0.0172. The second-order valence-corrected chi connectivity index (χ2v) is 5.78. The molecule has 0 radical (unpaired) electrons. The van der Waals surface area contributed by atoms with Crippen molar-refractivity contribution < 1.29 is 9.90 Å². The van der Waals surface area contributed by atoms with Gasteiger partial charge in [-0.05, 0) is 48.9 Å². The van der Waals surface area contributed by atoms with Gasteiger partial charge in [0.2, 0.25) is 0 Å². The molecule has 1 aliphatic carbocycles. The molecule has 0 heterocycles. The third-order valence-electron chi connectivity index (χ3n) is 4.50. The van der Waals surface area contributed by atoms with Crippen LogP contribution in [0.4, 0.5) is 0 Å². The quantitative estimate of drug-likeness (QED) is 0.836. The first-order chi connectivity index (χ1) is 10.2. The maximum Gasteiger partial charge on any atom is 0.251 e. The van der Waals surface area contributed by atoms with E-state index in [9.17, 15) is 4.79 Å². The molecular weight excluding hydrogens is 262 g/mol. The molecule has 0 atom stereocenters. The monoisotopic (exact) mass is 285 g/mol. The van der Waals surface area contributed by atoms with Crippen molar-refractivity contribution in [2.75, 3.05) is 13.2 Å². The van der Waals surface area contributed by atoms with Crippen LogP contribution in [0.5, 0.6) is 0 Å². The van der Waals surface area contributed by atoms with E-state index in [0.29, 0.717) is 11.0 Å². The first-order valence-electron chi connectivity index (χ1n) is 7.67. The summed E-state index contributed by atoms with van der Waals surface area (Å²) in [7, 11) is 0. The van der Waals surface area contributed by atoms with E-state index in [4.69, 9.17) is 5.11 Å². The lowest BCUT2D eigenvalue weighted by molar-refractivity contribution is 0.0929. The molecule has 3 nitrogen and oxygen atoms in total. The third kappa shape index (κ3) is 4.09. The lowest BCUT2D eigenvalue weighted by Crippen LogP contribution is -2.35. The summed E-state index contributed by atoms with van der Waals surface area (Å²) < 4.78 is 0. The van der Waals surface area contributed by atoms with Crippen LogP contribution in [0.25, 0.3) is 0 Å². The van der Waals surface area contributed by atoms with Gasteiger partial charge in [0.15, 0.2) is 0 Å². The van der Waals surface area contributed by atoms with Gasteiger partial charge in [0.25, 0.3) is 5.91 Å². The molecule has 1 amide bonds. The summed E-state index contributed by atoms with van der Waals surface area (Å²) in [5, 5.41) is 11.7. The Morgan fingerprint density at radius 1 is 1.29 bits per heavy atom. The number of hydrogen-bond acceptors (Lipinski definition) is 2. The lowest BCUT2D eigenvalue weighted by atomic mass is 9.83. The SMILES string of the molecule is CCC1(CNC(=O)c2ccc(C#CCO)cc2)CCCC1. The molecule has 0 saturated heterocycles. The molecular formula is C18H23NO2. The van der Waals surface area contributed by atoms with E-state index >= 15 is 0 Å². The van der Waals surface area contributed by atoms with Crippen LogP contribution in [0, 0.1) is 17.3 Å². The van der Waals surface area contributed by atoms with Crippen molar-refractivity contribution in [1.82, 2.24) is 5.32 Å². The van der Waals surface area contributed by atoms with E-state index in [1.807, 2.05) is 12.1 Å². The van der Waals surface area contributed by atoms with Gasteiger partial charge in [-0.25, -0.2) is 0 Å². The number of carbonyl (C=O) groups excluding carboxylic acids is 1. The third-order valence-corrected chi connectivity index (χ3v) is 4.50. The Labute approximate surface area is 126 Å². The molecule has 0 spiro atoms. The summed E-state index contributed by atoms with van der Waals surface area (Å²) in [5.74, 6) is 5.40. The Balaban J connectivity index is 1.94. The first kappa shape index (κ1) is 15.6. The molecule has 1 fully saturated rings. The van der Waals surface area contributed by atoms with Crippen LogP contribution in [-0.2, 0) is 0 Å². The summed E-state index contributed by atoms with van der Waals surface area (Å²) in [6.07, 6.45) is 6.13. The van der Waals surface area contributed by atoms with Gasteiger partial charge in [-0.15, -0.1) is 0 Å². The van der Waals surface area contributed by atoms with Gasteiger partial charge < -0.3 is 10.4 Å². The fraction of sp³-hybridized carbons (Fsp3) is 0.500. The summed E-state index contributed by atoms with van der Waals surface area (Å²) >= 11 is 0. The molecule has 1 saturated carbocycles. The van der Waals surface area contributed by atoms with Gasteiger partial charge in [-0.1, -0.05) is 31.6 Å². The van der Waals surface area contributed by atoms with Crippen molar-refractivity contribution in [2.24, 2.45) is 5.41 Å². The zero-order valence-electron chi connectivity index (χ0n) is 12.6. The van der Waals surface area contributed by atoms with Gasteiger partial charge in [0, 0.05) is 17.7 Å². The van der Waals surface area contributed by atoms with Crippen molar-refractivity contribution in [1.29, 1.82) is 0 Å². The summed E-state index contributed by atoms with van der Waals surface area (Å²) in [6, 6.07) is 7.18. The Morgan fingerprint density at radius 3 is 2.52 bits per heavy atom. The molecule has 0 aliphatic heterocycles. The van der Waals surface area contributed by atoms with Crippen LogP contribution in [-0.4, -0.2) is 24.2 Å². The van der Waals surface area contributed by atoms with Crippen molar-refractivity contribution >= 4 is 5.91 Å². The topological polar surface area (TPSA) is 49.3 Å². The van der Waals surface area contributed by atoms with E-state index in [0.717, 1.165) is 18.5 Å². The van der Waals surface area contributed by atoms with Crippen molar-refractivity contribution in [3.05, 3.63) is 35.4 Å². The summed E-state index contributed by atoms with van der Waals surface area (Å²) in [4.78, 5) is 12.2. The number of benzene rings is 1. The van der Waals surface area contributed by atoms with E-state index in [1.165, 1.54) is 25.7 Å². The Hall–Kier alpha value is -1.79. The number of amides is 1. The predicted octanol–water partition coefficient (Wildman–Crippen LogP) is 2.73. The number of aliphatic hydroxyl groups is 1. The maximum atomic E-state index is 12.2. The van der Waals surface area contributed by atoms with Crippen LogP contribution in [0.15, 0.2) is 24.3 Å². The van der Waals surface area contributed by atoms with Gasteiger partial charge in [-0.2, -0.15) is 0 Å². The number of aliphatic hydroxyl groups excluding tert-OH is 1. The minimum atomic E-state index is -0.151. The largest absolute Gasteiger partial charge is 0.384 e. The van der Waals surface area contributed by atoms with Gasteiger partial charge >= 0.3 is 0 Å². The molecule has 0 bridgehead atoms.